The molecule has 0 aliphatic heterocycles. The summed E-state index contributed by atoms with van der Waals surface area (Å²) in [7, 11) is 1.33. The van der Waals surface area contributed by atoms with Gasteiger partial charge in [-0.2, -0.15) is 0 Å². The van der Waals surface area contributed by atoms with Crippen LogP contribution in [0.15, 0.2) is 28.9 Å². The van der Waals surface area contributed by atoms with Crippen molar-refractivity contribution in [1.82, 2.24) is 4.98 Å². The Labute approximate surface area is 178 Å². The van der Waals surface area contributed by atoms with E-state index in [9.17, 15) is 4.79 Å². The second kappa shape index (κ2) is 10.1. The van der Waals surface area contributed by atoms with E-state index in [-0.39, 0.29) is 24.8 Å². The van der Waals surface area contributed by atoms with Crippen LogP contribution in [-0.2, 0) is 22.5 Å². The first kappa shape index (κ1) is 23.5. The Morgan fingerprint density at radius 3 is 2.85 bits per heavy atom. The third kappa shape index (κ3) is 5.27. The molecule has 0 fully saturated rings. The average Bonchev–Trinajstić information content (AvgIpc) is 3.21. The number of nitrogens with zero attached hydrogens (tertiary/aromatic N) is 1. The molecule has 0 spiro atoms. The molecule has 27 heavy (non-hydrogen) atoms. The molecular weight excluding hydrogens is 433 g/mol. The van der Waals surface area contributed by atoms with E-state index in [0.29, 0.717) is 18.1 Å². The van der Waals surface area contributed by atoms with Gasteiger partial charge >= 0.3 is 5.97 Å². The molecule has 148 valence electrons. The maximum atomic E-state index is 11.6. The summed E-state index contributed by atoms with van der Waals surface area (Å²) >= 11 is 7.73. The van der Waals surface area contributed by atoms with Crippen LogP contribution in [0.25, 0.3) is 10.2 Å². The van der Waals surface area contributed by atoms with Gasteiger partial charge in [-0.1, -0.05) is 11.6 Å². The van der Waals surface area contributed by atoms with Crippen LogP contribution in [0.1, 0.15) is 16.2 Å². The van der Waals surface area contributed by atoms with Crippen molar-refractivity contribution < 1.29 is 13.9 Å². The van der Waals surface area contributed by atoms with E-state index in [1.165, 1.54) is 7.11 Å². The Bertz CT molecular complexity index is 900. The van der Waals surface area contributed by atoms with Crippen molar-refractivity contribution in [2.45, 2.75) is 25.9 Å². The second-order valence-electron chi connectivity index (χ2n) is 5.59. The summed E-state index contributed by atoms with van der Waals surface area (Å²) in [6, 6.07) is 4.82. The molecule has 3 N–H and O–H groups in total. The van der Waals surface area contributed by atoms with Crippen LogP contribution in [0.2, 0.25) is 5.15 Å². The summed E-state index contributed by atoms with van der Waals surface area (Å²) in [5.41, 5.74) is 8.56. The smallest absolute Gasteiger partial charge is 0.323 e. The molecule has 0 aromatic carbocycles. The number of thiophene rings is 1. The van der Waals surface area contributed by atoms with Crippen LogP contribution in [0.5, 0.6) is 0 Å². The first-order valence-corrected chi connectivity index (χ1v) is 8.87. The van der Waals surface area contributed by atoms with E-state index < -0.39 is 12.0 Å². The van der Waals surface area contributed by atoms with Gasteiger partial charge in [-0.3, -0.25) is 4.79 Å². The van der Waals surface area contributed by atoms with Gasteiger partial charge in [0.2, 0.25) is 0 Å². The molecule has 1 unspecified atom stereocenters. The van der Waals surface area contributed by atoms with Gasteiger partial charge in [0.05, 0.1) is 35.8 Å². The quantitative estimate of drug-likeness (QED) is 0.427. The van der Waals surface area contributed by atoms with Gasteiger partial charge in [-0.25, -0.2) is 4.98 Å². The summed E-state index contributed by atoms with van der Waals surface area (Å²) in [5, 5.41) is 3.73. The first-order chi connectivity index (χ1) is 12.0. The molecule has 3 aromatic rings. The number of carbonyl (C=O) groups excluding carboxylic acids is 1. The van der Waals surface area contributed by atoms with Crippen LogP contribution in [0.3, 0.4) is 0 Å². The predicted molar refractivity (Wildman–Crippen MR) is 114 cm³/mol. The largest absolute Gasteiger partial charge is 0.468 e. The minimum atomic E-state index is -0.702. The zero-order valence-electron chi connectivity index (χ0n) is 14.7. The number of hydrogen-bond donors (Lipinski definition) is 2. The Morgan fingerprint density at radius 2 is 2.22 bits per heavy atom. The van der Waals surface area contributed by atoms with Crippen LogP contribution >= 0.6 is 47.8 Å². The lowest BCUT2D eigenvalue weighted by molar-refractivity contribution is -0.142. The van der Waals surface area contributed by atoms with Crippen molar-refractivity contribution in [1.29, 1.82) is 0 Å². The molecule has 3 heterocycles. The van der Waals surface area contributed by atoms with Crippen LogP contribution in [0, 0.1) is 6.92 Å². The van der Waals surface area contributed by atoms with Crippen molar-refractivity contribution in [2.75, 3.05) is 12.4 Å². The number of hydrogen-bond acceptors (Lipinski definition) is 7. The molecule has 3 aromatic heterocycles. The van der Waals surface area contributed by atoms with Crippen molar-refractivity contribution in [3.8, 4) is 0 Å². The summed E-state index contributed by atoms with van der Waals surface area (Å²) in [6.45, 7) is 2.49. The summed E-state index contributed by atoms with van der Waals surface area (Å²) in [5.74, 6) is 0.390. The van der Waals surface area contributed by atoms with Gasteiger partial charge in [0.15, 0.2) is 0 Å². The highest BCUT2D eigenvalue weighted by Gasteiger charge is 2.20. The highest BCUT2D eigenvalue weighted by Crippen LogP contribution is 2.37. The maximum absolute atomic E-state index is 11.6. The average molecular weight is 453 g/mol. The highest BCUT2D eigenvalue weighted by atomic mass is 35.5. The molecule has 0 amide bonds. The molecule has 6 nitrogen and oxygen atoms in total. The molecule has 0 aliphatic carbocycles. The lowest BCUT2D eigenvalue weighted by atomic mass is 10.1. The van der Waals surface area contributed by atoms with E-state index in [1.54, 1.807) is 23.7 Å². The summed E-state index contributed by atoms with van der Waals surface area (Å²) < 4.78 is 11.0. The standard InChI is InChI=1S/C17H18ClN3O3S.2ClH/c1-9-13(6-11(19)17(22)23-2)25-16-12(7-14(18)21-15(9)16)20-8-10-4-3-5-24-10;;/h3-5,7,11H,6,8,19H2,1-2H3,(H,20,21);2*1H. The molecule has 3 rings (SSSR count). The van der Waals surface area contributed by atoms with E-state index in [4.69, 9.17) is 26.5 Å². The molecule has 0 aliphatic rings. The third-order valence-corrected chi connectivity index (χ3v) is 5.41. The Morgan fingerprint density at radius 1 is 1.48 bits per heavy atom. The number of pyridine rings is 1. The SMILES string of the molecule is COC(=O)C(N)Cc1sc2c(NCc3ccco3)cc(Cl)nc2c1C.Cl.Cl. The molecule has 0 saturated carbocycles. The summed E-state index contributed by atoms with van der Waals surface area (Å²) in [4.78, 5) is 17.0. The lowest BCUT2D eigenvalue weighted by Gasteiger charge is -2.07. The van der Waals surface area contributed by atoms with Crippen molar-refractivity contribution in [3.63, 3.8) is 0 Å². The van der Waals surface area contributed by atoms with Crippen molar-refractivity contribution in [3.05, 3.63) is 45.8 Å². The van der Waals surface area contributed by atoms with Gasteiger partial charge < -0.3 is 20.2 Å². The topological polar surface area (TPSA) is 90.4 Å². The predicted octanol–water partition coefficient (Wildman–Crippen LogP) is 4.35. The number of esters is 1. The number of anilines is 1. The zero-order chi connectivity index (χ0) is 18.0. The van der Waals surface area contributed by atoms with Gasteiger partial charge in [-0.15, -0.1) is 36.2 Å². The fraction of sp³-hybridized carbons (Fsp3) is 0.294. The summed E-state index contributed by atoms with van der Waals surface area (Å²) in [6.07, 6.45) is 2.03. The molecule has 0 radical (unpaired) electrons. The molecule has 0 bridgehead atoms. The number of methoxy groups -OCH3 is 1. The number of rotatable bonds is 6. The Hall–Kier alpha value is -1.51. The lowest BCUT2D eigenvalue weighted by Crippen LogP contribution is -2.33. The number of aromatic nitrogens is 1. The van der Waals surface area contributed by atoms with Crippen LogP contribution < -0.4 is 11.1 Å². The van der Waals surface area contributed by atoms with Gasteiger partial charge in [0, 0.05) is 17.4 Å². The van der Waals surface area contributed by atoms with Crippen LogP contribution in [0.4, 0.5) is 5.69 Å². The van der Waals surface area contributed by atoms with E-state index in [2.05, 4.69) is 10.3 Å². The van der Waals surface area contributed by atoms with E-state index in [0.717, 1.165) is 32.1 Å². The third-order valence-electron chi connectivity index (χ3n) is 3.88. The normalized spacial score (nSPS) is 11.4. The fourth-order valence-corrected chi connectivity index (χ4v) is 4.04. The van der Waals surface area contributed by atoms with Crippen molar-refractivity contribution >= 4 is 69.6 Å². The Balaban J connectivity index is 0.00000182. The van der Waals surface area contributed by atoms with Crippen molar-refractivity contribution in [2.24, 2.45) is 5.73 Å². The number of carbonyl (C=O) groups is 1. The number of aryl methyl sites for hydroxylation is 1. The molecule has 10 heteroatoms. The minimum Gasteiger partial charge on any atom is -0.468 e. The molecule has 0 saturated heterocycles. The van der Waals surface area contributed by atoms with E-state index in [1.807, 2.05) is 19.1 Å². The monoisotopic (exact) mass is 451 g/mol. The fourth-order valence-electron chi connectivity index (χ4n) is 2.55. The number of halogens is 3. The zero-order valence-corrected chi connectivity index (χ0v) is 17.9. The number of fused-ring (bicyclic) bond motifs is 1. The van der Waals surface area contributed by atoms with Gasteiger partial charge in [-0.05, 0) is 24.6 Å². The number of nitrogens with one attached hydrogen (secondary N) is 1. The maximum Gasteiger partial charge on any atom is 0.323 e. The number of nitrogens with two attached hydrogens (primary N) is 1. The number of furan rings is 1. The van der Waals surface area contributed by atoms with Gasteiger partial charge in [0.1, 0.15) is 17.0 Å². The second-order valence-corrected chi connectivity index (χ2v) is 7.08. The first-order valence-electron chi connectivity index (χ1n) is 7.67. The number of ether oxygens (including phenoxy) is 1. The Kier molecular flexibility index (Phi) is 8.84. The highest BCUT2D eigenvalue weighted by molar-refractivity contribution is 7.19. The van der Waals surface area contributed by atoms with E-state index >= 15 is 0 Å². The van der Waals surface area contributed by atoms with Crippen LogP contribution in [-0.4, -0.2) is 24.1 Å². The van der Waals surface area contributed by atoms with Gasteiger partial charge in [0.25, 0.3) is 0 Å². The minimum absolute atomic E-state index is 0. The molecule has 1 atom stereocenters. The molecular formula is C17H20Cl3N3O3S.